The minimum atomic E-state index is -4.69. The number of benzene rings is 2. The Bertz CT molecular complexity index is 1180. The molecule has 2 fully saturated rings. The summed E-state index contributed by atoms with van der Waals surface area (Å²) >= 11 is 0. The van der Waals surface area contributed by atoms with Gasteiger partial charge in [-0.1, -0.05) is 0 Å². The van der Waals surface area contributed by atoms with Crippen LogP contribution in [-0.2, 0) is 20.9 Å². The van der Waals surface area contributed by atoms with Crippen LogP contribution >= 0.6 is 0 Å². The van der Waals surface area contributed by atoms with Gasteiger partial charge >= 0.3 is 12.1 Å². The Hall–Kier alpha value is -2.99. The van der Waals surface area contributed by atoms with E-state index < -0.39 is 32.6 Å². The Morgan fingerprint density at radius 2 is 1.94 bits per heavy atom. The molecule has 2 aromatic carbocycles. The molecule has 2 aliphatic rings. The fourth-order valence-electron chi connectivity index (χ4n) is 4.11. The van der Waals surface area contributed by atoms with Crippen LogP contribution in [0.3, 0.4) is 0 Å². The molecule has 2 saturated heterocycles. The third-order valence-electron chi connectivity index (χ3n) is 5.75. The van der Waals surface area contributed by atoms with Crippen molar-refractivity contribution >= 4 is 27.4 Å². The number of nitrogens with zero attached hydrogens (tertiary/aromatic N) is 1. The summed E-state index contributed by atoms with van der Waals surface area (Å²) < 4.78 is 79.3. The van der Waals surface area contributed by atoms with Crippen molar-refractivity contribution in [2.45, 2.75) is 29.5 Å². The number of carboxylic acid groups (broad SMARTS) is 1. The van der Waals surface area contributed by atoms with Gasteiger partial charge in [-0.3, -0.25) is 4.72 Å². The third-order valence-corrected chi connectivity index (χ3v) is 7.14. The number of hydrogen-bond donors (Lipinski definition) is 2. The third kappa shape index (κ3) is 4.44. The number of methoxy groups -OCH3 is 1. The molecule has 178 valence electrons. The summed E-state index contributed by atoms with van der Waals surface area (Å²) in [7, 11) is -3.31. The van der Waals surface area contributed by atoms with Crippen LogP contribution in [0.15, 0.2) is 41.3 Å². The quantitative estimate of drug-likeness (QED) is 0.643. The molecular weight excluding hydrogens is 465 g/mol. The molecule has 8 nitrogen and oxygen atoms in total. The summed E-state index contributed by atoms with van der Waals surface area (Å²) in [4.78, 5) is 12.5. The first-order valence-electron chi connectivity index (χ1n) is 9.98. The van der Waals surface area contributed by atoms with Crippen molar-refractivity contribution in [3.63, 3.8) is 0 Å². The number of rotatable bonds is 6. The van der Waals surface area contributed by atoms with E-state index in [9.17, 15) is 31.5 Å². The van der Waals surface area contributed by atoms with Gasteiger partial charge in [0.05, 0.1) is 29.6 Å². The van der Waals surface area contributed by atoms with E-state index in [4.69, 9.17) is 9.47 Å². The SMILES string of the molecule is COc1ccc(C(=O)O)cc1S(=O)(=O)Nc1cc(C(F)(F)F)ccc1N1CC2(CCCO2)C1. The molecule has 0 atom stereocenters. The minimum absolute atomic E-state index is 0.150. The lowest BCUT2D eigenvalue weighted by Gasteiger charge is -2.49. The summed E-state index contributed by atoms with van der Waals surface area (Å²) in [5.41, 5.74) is -1.72. The molecule has 0 saturated carbocycles. The van der Waals surface area contributed by atoms with Crippen molar-refractivity contribution in [2.24, 2.45) is 0 Å². The predicted octanol–water partition coefficient (Wildman–Crippen LogP) is 3.58. The normalized spacial score (nSPS) is 17.6. The van der Waals surface area contributed by atoms with Gasteiger partial charge in [-0.15, -0.1) is 0 Å². The second-order valence-electron chi connectivity index (χ2n) is 8.00. The molecule has 4 rings (SSSR count). The van der Waals surface area contributed by atoms with Crippen LogP contribution < -0.4 is 14.4 Å². The molecule has 1 spiro atoms. The standard InChI is InChI=1S/C21H21F3N2O6S/c1-31-17-6-3-13(19(27)28)9-18(17)33(29,30)25-15-10-14(21(22,23)24)4-5-16(15)26-11-20(12-26)7-2-8-32-20/h3-6,9-10,25H,2,7-8,11-12H2,1H3,(H,27,28). The van der Waals surface area contributed by atoms with E-state index >= 15 is 0 Å². The van der Waals surface area contributed by atoms with Gasteiger partial charge in [0, 0.05) is 19.7 Å². The summed E-state index contributed by atoms with van der Waals surface area (Å²) in [6.45, 7) is 1.45. The fourth-order valence-corrected chi connectivity index (χ4v) is 5.37. The number of anilines is 2. The molecule has 0 aliphatic carbocycles. The van der Waals surface area contributed by atoms with E-state index in [1.165, 1.54) is 19.2 Å². The van der Waals surface area contributed by atoms with Crippen LogP contribution in [0.25, 0.3) is 0 Å². The zero-order chi connectivity index (χ0) is 24.0. The first kappa shape index (κ1) is 23.2. The van der Waals surface area contributed by atoms with Gasteiger partial charge in [0.2, 0.25) is 0 Å². The largest absolute Gasteiger partial charge is 0.495 e. The molecule has 12 heteroatoms. The number of sulfonamides is 1. The maximum atomic E-state index is 13.4. The average molecular weight is 486 g/mol. The molecule has 2 N–H and O–H groups in total. The maximum Gasteiger partial charge on any atom is 0.416 e. The fraction of sp³-hybridized carbons (Fsp3) is 0.381. The van der Waals surface area contributed by atoms with Gasteiger partial charge < -0.3 is 19.5 Å². The number of hydrogen-bond acceptors (Lipinski definition) is 6. The van der Waals surface area contributed by atoms with E-state index in [1.807, 2.05) is 0 Å². The van der Waals surface area contributed by atoms with E-state index in [0.717, 1.165) is 37.1 Å². The second-order valence-corrected chi connectivity index (χ2v) is 9.65. The number of nitrogens with one attached hydrogen (secondary N) is 1. The highest BCUT2D eigenvalue weighted by Crippen LogP contribution is 2.43. The summed E-state index contributed by atoms with van der Waals surface area (Å²) in [6.07, 6.45) is -2.98. The van der Waals surface area contributed by atoms with Gasteiger partial charge in [0.15, 0.2) is 0 Å². The number of aromatic carboxylic acids is 1. The van der Waals surface area contributed by atoms with E-state index in [-0.39, 0.29) is 28.3 Å². The summed E-state index contributed by atoms with van der Waals surface area (Å²) in [5, 5.41) is 9.21. The van der Waals surface area contributed by atoms with Crippen molar-refractivity contribution in [3.8, 4) is 5.75 Å². The second kappa shape index (κ2) is 8.10. The predicted molar refractivity (Wildman–Crippen MR) is 112 cm³/mol. The lowest BCUT2D eigenvalue weighted by molar-refractivity contribution is -0.137. The zero-order valence-corrected chi connectivity index (χ0v) is 18.3. The van der Waals surface area contributed by atoms with Crippen LogP contribution in [0.4, 0.5) is 24.5 Å². The first-order chi connectivity index (χ1) is 15.4. The van der Waals surface area contributed by atoms with Crippen LogP contribution in [0.2, 0.25) is 0 Å². The monoisotopic (exact) mass is 486 g/mol. The minimum Gasteiger partial charge on any atom is -0.495 e. The van der Waals surface area contributed by atoms with Crippen molar-refractivity contribution in [2.75, 3.05) is 36.4 Å². The van der Waals surface area contributed by atoms with Crippen molar-refractivity contribution in [1.82, 2.24) is 0 Å². The Morgan fingerprint density at radius 1 is 1.21 bits per heavy atom. The summed E-state index contributed by atoms with van der Waals surface area (Å²) in [6, 6.07) is 6.05. The highest BCUT2D eigenvalue weighted by atomic mass is 32.2. The lowest BCUT2D eigenvalue weighted by Crippen LogP contribution is -2.61. The van der Waals surface area contributed by atoms with E-state index in [0.29, 0.717) is 19.7 Å². The Morgan fingerprint density at radius 3 is 2.52 bits per heavy atom. The van der Waals surface area contributed by atoms with Crippen molar-refractivity contribution < 1.29 is 41.0 Å². The first-order valence-corrected chi connectivity index (χ1v) is 11.5. The van der Waals surface area contributed by atoms with Crippen LogP contribution in [0.5, 0.6) is 5.75 Å². The molecule has 2 aromatic rings. The number of halogens is 3. The van der Waals surface area contributed by atoms with Crippen LogP contribution in [-0.4, -0.2) is 51.9 Å². The Labute approximate surface area is 188 Å². The van der Waals surface area contributed by atoms with Gasteiger partial charge in [-0.2, -0.15) is 13.2 Å². The summed E-state index contributed by atoms with van der Waals surface area (Å²) in [5.74, 6) is -1.51. The number of alkyl halides is 3. The Balaban J connectivity index is 1.73. The zero-order valence-electron chi connectivity index (χ0n) is 17.5. The number of carboxylic acids is 1. The van der Waals surface area contributed by atoms with Gasteiger partial charge in [0.25, 0.3) is 10.0 Å². The highest BCUT2D eigenvalue weighted by Gasteiger charge is 2.47. The molecule has 0 unspecified atom stereocenters. The topological polar surface area (TPSA) is 105 Å². The number of carbonyl (C=O) groups is 1. The molecule has 2 heterocycles. The highest BCUT2D eigenvalue weighted by molar-refractivity contribution is 7.92. The Kier molecular flexibility index (Phi) is 5.69. The molecule has 0 bridgehead atoms. The molecule has 0 radical (unpaired) electrons. The molecule has 2 aliphatic heterocycles. The maximum absolute atomic E-state index is 13.4. The van der Waals surface area contributed by atoms with E-state index in [1.54, 1.807) is 4.90 Å². The average Bonchev–Trinajstić information content (AvgIpc) is 3.21. The van der Waals surface area contributed by atoms with Gasteiger partial charge in [-0.25, -0.2) is 13.2 Å². The van der Waals surface area contributed by atoms with Gasteiger partial charge in [0.1, 0.15) is 16.2 Å². The van der Waals surface area contributed by atoms with Crippen molar-refractivity contribution in [1.29, 1.82) is 0 Å². The van der Waals surface area contributed by atoms with Crippen LogP contribution in [0.1, 0.15) is 28.8 Å². The van der Waals surface area contributed by atoms with E-state index in [2.05, 4.69) is 4.72 Å². The van der Waals surface area contributed by atoms with Crippen LogP contribution in [0, 0.1) is 0 Å². The lowest BCUT2D eigenvalue weighted by atomic mass is 9.90. The molecule has 0 amide bonds. The van der Waals surface area contributed by atoms with Gasteiger partial charge in [-0.05, 0) is 49.2 Å². The van der Waals surface area contributed by atoms with Crippen molar-refractivity contribution in [3.05, 3.63) is 47.5 Å². The smallest absolute Gasteiger partial charge is 0.416 e. The molecule has 33 heavy (non-hydrogen) atoms. The number of ether oxygens (including phenoxy) is 2. The molecule has 0 aromatic heterocycles. The molecular formula is C21H21F3N2O6S.